The Kier molecular flexibility index (Phi) is 8.02. The van der Waals surface area contributed by atoms with Crippen molar-refractivity contribution in [2.75, 3.05) is 30.7 Å². The largest absolute Gasteiger partial charge is 0.431 e. The molecule has 2 heterocycles. The van der Waals surface area contributed by atoms with Crippen LogP contribution in [-0.4, -0.2) is 67.8 Å². The maximum absolute atomic E-state index is 13.0. The molecule has 1 fully saturated rings. The van der Waals surface area contributed by atoms with Gasteiger partial charge < -0.3 is 9.73 Å². The van der Waals surface area contributed by atoms with Gasteiger partial charge in [-0.15, -0.1) is 0 Å². The number of carbonyl (C=O) groups is 1. The summed E-state index contributed by atoms with van der Waals surface area (Å²) in [4.78, 5) is 16.4. The van der Waals surface area contributed by atoms with E-state index in [9.17, 15) is 34.8 Å². The molecule has 3 rings (SSSR count). The minimum Gasteiger partial charge on any atom is -0.431 e. The van der Waals surface area contributed by atoms with Crippen molar-refractivity contribution in [3.63, 3.8) is 0 Å². The van der Waals surface area contributed by atoms with Gasteiger partial charge in [0, 0.05) is 31.4 Å². The van der Waals surface area contributed by atoms with Gasteiger partial charge in [0.2, 0.25) is 10.0 Å². The summed E-state index contributed by atoms with van der Waals surface area (Å²) in [5.41, 5.74) is -0.841. The molecule has 1 amide bonds. The van der Waals surface area contributed by atoms with Crippen LogP contribution < -0.4 is 10.0 Å². The molecule has 0 aliphatic carbocycles. The minimum absolute atomic E-state index is 0.0139. The van der Waals surface area contributed by atoms with E-state index >= 15 is 0 Å². The molecule has 0 bridgehead atoms. The average molecular weight is 554 g/mol. The van der Waals surface area contributed by atoms with Gasteiger partial charge in [-0.3, -0.25) is 4.79 Å². The van der Waals surface area contributed by atoms with Crippen molar-refractivity contribution in [3.05, 3.63) is 41.3 Å². The lowest BCUT2D eigenvalue weighted by Crippen LogP contribution is -2.50. The van der Waals surface area contributed by atoms with Crippen molar-refractivity contribution in [1.82, 2.24) is 18.3 Å². The van der Waals surface area contributed by atoms with Crippen molar-refractivity contribution in [3.8, 4) is 0 Å². The third-order valence-electron chi connectivity index (χ3n) is 5.58. The van der Waals surface area contributed by atoms with E-state index in [0.717, 1.165) is 22.7 Å². The number of aromatic nitrogens is 1. The lowest BCUT2D eigenvalue weighted by molar-refractivity contribution is -0.137. The Balaban J connectivity index is 1.72. The third kappa shape index (κ3) is 6.35. The number of halogens is 3. The number of benzene rings is 1. The van der Waals surface area contributed by atoms with Crippen LogP contribution in [0.5, 0.6) is 0 Å². The second-order valence-electron chi connectivity index (χ2n) is 8.20. The zero-order chi connectivity index (χ0) is 26.9. The van der Waals surface area contributed by atoms with Crippen LogP contribution in [0.25, 0.3) is 0 Å². The fourth-order valence-electron chi connectivity index (χ4n) is 3.60. The number of alkyl halides is 3. The molecular formula is C20H26F3N5O6S2. The summed E-state index contributed by atoms with van der Waals surface area (Å²) >= 11 is 0. The molecule has 0 spiro atoms. The number of oxazole rings is 1. The Hall–Kier alpha value is -2.69. The van der Waals surface area contributed by atoms with Gasteiger partial charge in [0.05, 0.1) is 11.3 Å². The average Bonchev–Trinajstić information content (AvgIpc) is 3.14. The molecule has 1 unspecified atom stereocenters. The molecule has 16 heteroatoms. The van der Waals surface area contributed by atoms with Crippen LogP contribution in [0, 0.1) is 6.92 Å². The van der Waals surface area contributed by atoms with E-state index in [1.54, 1.807) is 6.92 Å². The SMILES string of the molecule is CCS(=O)(=O)N1CCCN(S(=O)(=O)NC(=O)c2coc(Nc3cc(C(F)(F)F)ccc3C)n2)C(C)C1. The first-order valence-electron chi connectivity index (χ1n) is 10.9. The molecule has 1 saturated heterocycles. The van der Waals surface area contributed by atoms with E-state index in [1.807, 2.05) is 4.72 Å². The summed E-state index contributed by atoms with van der Waals surface area (Å²) in [6.45, 7) is 4.64. The highest BCUT2D eigenvalue weighted by atomic mass is 32.2. The van der Waals surface area contributed by atoms with Crippen molar-refractivity contribution in [1.29, 1.82) is 0 Å². The van der Waals surface area contributed by atoms with Gasteiger partial charge in [0.15, 0.2) is 5.69 Å². The van der Waals surface area contributed by atoms with Crippen LogP contribution in [-0.2, 0) is 26.4 Å². The zero-order valence-electron chi connectivity index (χ0n) is 19.7. The van der Waals surface area contributed by atoms with Crippen LogP contribution in [0.3, 0.4) is 0 Å². The van der Waals surface area contributed by atoms with Crippen molar-refractivity contribution in [2.45, 2.75) is 39.4 Å². The van der Waals surface area contributed by atoms with Gasteiger partial charge in [0.1, 0.15) is 6.26 Å². The highest BCUT2D eigenvalue weighted by Crippen LogP contribution is 2.33. The molecule has 2 aromatic rings. The standard InChI is InChI=1S/C20H26F3N5O6S2/c1-4-35(30,31)27-8-5-9-28(14(3)11-27)36(32,33)26-18(29)17-12-34-19(25-17)24-16-10-15(20(21,22)23)7-6-13(16)2/h6-7,10,12,14H,4-5,8-9,11H2,1-3H3,(H,24,25)(H,26,29). The summed E-state index contributed by atoms with van der Waals surface area (Å²) in [6.07, 6.45) is -3.48. The molecule has 11 nitrogen and oxygen atoms in total. The number of nitrogens with zero attached hydrogens (tertiary/aromatic N) is 3. The summed E-state index contributed by atoms with van der Waals surface area (Å²) in [5.74, 6) is -1.24. The van der Waals surface area contributed by atoms with Crippen LogP contribution >= 0.6 is 0 Å². The van der Waals surface area contributed by atoms with Crippen molar-refractivity contribution >= 4 is 37.8 Å². The minimum atomic E-state index is -4.57. The Morgan fingerprint density at radius 3 is 2.56 bits per heavy atom. The van der Waals surface area contributed by atoms with Crippen molar-refractivity contribution < 1.29 is 39.2 Å². The topological polar surface area (TPSA) is 142 Å². The van der Waals surface area contributed by atoms with Gasteiger partial charge in [0.25, 0.3) is 11.9 Å². The number of anilines is 2. The summed E-state index contributed by atoms with van der Waals surface area (Å²) in [7, 11) is -7.89. The number of hydrogen-bond acceptors (Lipinski definition) is 8. The maximum Gasteiger partial charge on any atom is 0.416 e. The first-order chi connectivity index (χ1) is 16.6. The van der Waals surface area contributed by atoms with Gasteiger partial charge >= 0.3 is 16.4 Å². The molecule has 200 valence electrons. The summed E-state index contributed by atoms with van der Waals surface area (Å²) in [6, 6.07) is 1.96. The van der Waals surface area contributed by atoms with E-state index in [0.29, 0.717) is 5.56 Å². The Morgan fingerprint density at radius 2 is 1.92 bits per heavy atom. The predicted molar refractivity (Wildman–Crippen MR) is 124 cm³/mol. The third-order valence-corrected chi connectivity index (χ3v) is 9.03. The Morgan fingerprint density at radius 1 is 1.22 bits per heavy atom. The molecule has 1 aromatic heterocycles. The fourth-order valence-corrected chi connectivity index (χ4v) is 6.19. The normalized spacial score (nSPS) is 18.6. The highest BCUT2D eigenvalue weighted by Gasteiger charge is 2.35. The van der Waals surface area contributed by atoms with Crippen LogP contribution in [0.2, 0.25) is 0 Å². The number of sulfonamides is 1. The van der Waals surface area contributed by atoms with Crippen LogP contribution in [0.4, 0.5) is 24.9 Å². The number of aryl methyl sites for hydroxylation is 1. The molecule has 1 atom stereocenters. The van der Waals surface area contributed by atoms with Gasteiger partial charge in [-0.2, -0.15) is 30.9 Å². The van der Waals surface area contributed by atoms with Crippen molar-refractivity contribution in [2.24, 2.45) is 0 Å². The number of nitrogens with one attached hydrogen (secondary N) is 2. The molecule has 36 heavy (non-hydrogen) atoms. The zero-order valence-corrected chi connectivity index (χ0v) is 21.3. The Labute approximate surface area is 206 Å². The second-order valence-corrected chi connectivity index (χ2v) is 12.1. The number of carbonyl (C=O) groups excluding carboxylic acids is 1. The van der Waals surface area contributed by atoms with Gasteiger partial charge in [-0.25, -0.2) is 17.4 Å². The molecule has 0 radical (unpaired) electrons. The van der Waals surface area contributed by atoms with E-state index < -0.39 is 49.6 Å². The lowest BCUT2D eigenvalue weighted by Gasteiger charge is -2.27. The highest BCUT2D eigenvalue weighted by molar-refractivity contribution is 7.89. The lowest BCUT2D eigenvalue weighted by atomic mass is 10.1. The van der Waals surface area contributed by atoms with Gasteiger partial charge in [-0.05, 0) is 44.9 Å². The molecule has 1 aliphatic rings. The van der Waals surface area contributed by atoms with Crippen LogP contribution in [0.1, 0.15) is 41.9 Å². The summed E-state index contributed by atoms with van der Waals surface area (Å²) < 4.78 is 98.3. The number of hydrogen-bond donors (Lipinski definition) is 2. The predicted octanol–water partition coefficient (Wildman–Crippen LogP) is 2.47. The van der Waals surface area contributed by atoms with E-state index in [1.165, 1.54) is 24.2 Å². The monoisotopic (exact) mass is 553 g/mol. The molecule has 1 aliphatic heterocycles. The first-order valence-corrected chi connectivity index (χ1v) is 13.9. The number of amides is 1. The summed E-state index contributed by atoms with van der Waals surface area (Å²) in [5, 5.41) is 2.55. The van der Waals surface area contributed by atoms with E-state index in [-0.39, 0.29) is 43.5 Å². The fraction of sp³-hybridized carbons (Fsp3) is 0.500. The smallest absolute Gasteiger partial charge is 0.416 e. The van der Waals surface area contributed by atoms with E-state index in [4.69, 9.17) is 4.42 Å². The maximum atomic E-state index is 13.0. The molecule has 0 saturated carbocycles. The quantitative estimate of drug-likeness (QED) is 0.533. The van der Waals surface area contributed by atoms with Gasteiger partial charge in [-0.1, -0.05) is 6.07 Å². The second kappa shape index (κ2) is 10.4. The Bertz CT molecular complexity index is 1330. The van der Waals surface area contributed by atoms with E-state index in [2.05, 4.69) is 10.3 Å². The first kappa shape index (κ1) is 27.9. The molecule has 2 N–H and O–H groups in total. The molecular weight excluding hydrogens is 527 g/mol. The van der Waals surface area contributed by atoms with Crippen LogP contribution in [0.15, 0.2) is 28.9 Å². The molecule has 1 aromatic carbocycles. The number of rotatable bonds is 7.